The van der Waals surface area contributed by atoms with Gasteiger partial charge >= 0.3 is 205 Å². The number of carbonyl (C=O) groups excluding carboxylic acids is 1. The molecule has 0 unspecified atom stereocenters. The second-order valence-electron chi connectivity index (χ2n) is 8.94. The van der Waals surface area contributed by atoms with Crippen LogP contribution < -0.4 is 8.90 Å². The van der Waals surface area contributed by atoms with E-state index in [2.05, 4.69) is 102 Å². The van der Waals surface area contributed by atoms with Gasteiger partial charge in [0.1, 0.15) is 0 Å². The van der Waals surface area contributed by atoms with E-state index < -0.39 is 18.4 Å². The van der Waals surface area contributed by atoms with E-state index in [1.807, 2.05) is 6.07 Å². The first-order chi connectivity index (χ1) is 16.1. The van der Waals surface area contributed by atoms with Gasteiger partial charge in [0, 0.05) is 0 Å². The van der Waals surface area contributed by atoms with Crippen molar-refractivity contribution in [3.63, 3.8) is 0 Å². The fourth-order valence-electron chi connectivity index (χ4n) is 5.08. The van der Waals surface area contributed by atoms with Crippen LogP contribution in [0.4, 0.5) is 0 Å². The average molecular weight is 559 g/mol. The fraction of sp³-hybridized carbons (Fsp3) is 0.138. The Morgan fingerprint density at radius 3 is 1.61 bits per heavy atom. The molecule has 33 heavy (non-hydrogen) atoms. The number of amides is 1. The van der Waals surface area contributed by atoms with Crippen molar-refractivity contribution in [3.8, 4) is 0 Å². The van der Waals surface area contributed by atoms with Crippen LogP contribution in [0, 0.1) is 0 Å². The number of fused-ring (bicyclic) bond motifs is 1. The molecule has 2 nitrogen and oxygen atoms in total. The molecule has 0 spiro atoms. The summed E-state index contributed by atoms with van der Waals surface area (Å²) < 4.78 is 4.33. The van der Waals surface area contributed by atoms with Crippen LogP contribution in [-0.2, 0) is 19.9 Å². The van der Waals surface area contributed by atoms with Crippen molar-refractivity contribution in [2.75, 3.05) is 0 Å². The molecule has 1 amide bonds. The second-order valence-corrected chi connectivity index (χ2v) is 21.2. The summed E-state index contributed by atoms with van der Waals surface area (Å²) in [6, 6.07) is 36.5. The summed E-state index contributed by atoms with van der Waals surface area (Å²) in [6.07, 6.45) is 0. The molecular formula is C29H26ClNOSn. The first-order valence-electron chi connectivity index (χ1n) is 11.4. The fourth-order valence-corrected chi connectivity index (χ4v) is 21.0. The zero-order valence-corrected chi connectivity index (χ0v) is 22.0. The van der Waals surface area contributed by atoms with E-state index in [9.17, 15) is 4.79 Å². The van der Waals surface area contributed by atoms with Gasteiger partial charge in [-0.25, -0.2) is 0 Å². The third-order valence-corrected chi connectivity index (χ3v) is 21.1. The first-order valence-corrected chi connectivity index (χ1v) is 19.2. The second kappa shape index (κ2) is 9.74. The predicted octanol–water partition coefficient (Wildman–Crippen LogP) is 5.58. The predicted molar refractivity (Wildman–Crippen MR) is 138 cm³/mol. The molecule has 5 rings (SSSR count). The van der Waals surface area contributed by atoms with Crippen molar-refractivity contribution in [2.24, 2.45) is 0 Å². The van der Waals surface area contributed by atoms with Gasteiger partial charge in [-0.3, -0.25) is 0 Å². The molecule has 4 heteroatoms. The Hall–Kier alpha value is -2.56. The van der Waals surface area contributed by atoms with E-state index in [-0.39, 0.29) is 5.91 Å². The van der Waals surface area contributed by atoms with Crippen LogP contribution in [0.1, 0.15) is 32.6 Å². The zero-order valence-electron chi connectivity index (χ0n) is 18.4. The molecule has 1 N–H and O–H groups in total. The molecule has 0 saturated heterocycles. The van der Waals surface area contributed by atoms with Gasteiger partial charge in [0.05, 0.1) is 0 Å². The van der Waals surface area contributed by atoms with Gasteiger partial charge in [0.25, 0.3) is 0 Å². The summed E-state index contributed by atoms with van der Waals surface area (Å²) in [5.74, 6) is 0.0160. The maximum absolute atomic E-state index is 12.6. The number of carbonyl (C=O) groups is 1. The van der Waals surface area contributed by atoms with Gasteiger partial charge < -0.3 is 0 Å². The van der Waals surface area contributed by atoms with Crippen LogP contribution in [0.15, 0.2) is 103 Å². The summed E-state index contributed by atoms with van der Waals surface area (Å²) in [4.78, 5) is 12.6. The number of nitrogens with one attached hydrogen (secondary N) is 1. The van der Waals surface area contributed by atoms with E-state index in [4.69, 9.17) is 11.6 Å². The third kappa shape index (κ3) is 4.87. The van der Waals surface area contributed by atoms with Crippen molar-refractivity contribution < 1.29 is 4.79 Å². The van der Waals surface area contributed by atoms with E-state index >= 15 is 0 Å². The Balaban J connectivity index is 1.71. The molecule has 0 aliphatic carbocycles. The van der Waals surface area contributed by atoms with Gasteiger partial charge in [-0.05, 0) is 0 Å². The number of rotatable bonds is 7. The molecule has 1 aliphatic rings. The maximum atomic E-state index is 12.6. The molecule has 0 fully saturated rings. The summed E-state index contributed by atoms with van der Waals surface area (Å²) in [7, 11) is 0. The van der Waals surface area contributed by atoms with Gasteiger partial charge in [-0.1, -0.05) is 0 Å². The minimum atomic E-state index is -3.35. The van der Waals surface area contributed by atoms with Crippen LogP contribution in [-0.4, -0.2) is 24.3 Å². The monoisotopic (exact) mass is 559 g/mol. The van der Waals surface area contributed by atoms with Gasteiger partial charge in [-0.2, -0.15) is 0 Å². The van der Waals surface area contributed by atoms with E-state index in [0.29, 0.717) is 6.54 Å². The molecule has 4 aromatic carbocycles. The van der Waals surface area contributed by atoms with Gasteiger partial charge in [0.2, 0.25) is 0 Å². The topological polar surface area (TPSA) is 29.1 Å². The number of hydrogen-bond donors (Lipinski definition) is 1. The molecule has 0 aromatic heterocycles. The average Bonchev–Trinajstić information content (AvgIpc) is 3.20. The standard InChI is InChI=1S/C8H5ClNO.3C7H7.Sn/c9-6-1-2-7-5(3-6)4-10-8(7)11;3*1-7-5-3-2-4-6-7;/h2-3H,4H2,(H,10,11);3*2-6H,1H2;. The van der Waals surface area contributed by atoms with Crippen LogP contribution in [0.25, 0.3) is 0 Å². The molecular weight excluding hydrogens is 532 g/mol. The quantitative estimate of drug-likeness (QED) is 0.295. The molecule has 4 aromatic rings. The normalized spacial score (nSPS) is 12.9. The summed E-state index contributed by atoms with van der Waals surface area (Å²) >= 11 is 3.70. The summed E-state index contributed by atoms with van der Waals surface area (Å²) in [5.41, 5.74) is 5.85. The Bertz CT molecular complexity index is 1160. The van der Waals surface area contributed by atoms with Crippen molar-refractivity contribution >= 4 is 39.5 Å². The Morgan fingerprint density at radius 1 is 0.697 bits per heavy atom. The minimum absolute atomic E-state index is 0.0160. The molecule has 1 heterocycles. The Labute approximate surface area is 204 Å². The third-order valence-electron chi connectivity index (χ3n) is 6.60. The molecule has 164 valence electrons. The van der Waals surface area contributed by atoms with Crippen LogP contribution in [0.5, 0.6) is 0 Å². The number of hydrogen-bond acceptors (Lipinski definition) is 1. The molecule has 0 bridgehead atoms. The van der Waals surface area contributed by atoms with E-state index in [0.717, 1.165) is 29.5 Å². The number of halogens is 1. The first kappa shape index (κ1) is 22.2. The van der Waals surface area contributed by atoms with Crippen LogP contribution in [0.3, 0.4) is 0 Å². The molecule has 0 saturated carbocycles. The molecule has 0 atom stereocenters. The van der Waals surface area contributed by atoms with E-state index in [1.54, 1.807) is 0 Å². The van der Waals surface area contributed by atoms with Crippen molar-refractivity contribution in [1.29, 1.82) is 0 Å². The summed E-state index contributed by atoms with van der Waals surface area (Å²) in [5, 5.41) is 3.79. The summed E-state index contributed by atoms with van der Waals surface area (Å²) in [6.45, 7) is 0.562. The Kier molecular flexibility index (Phi) is 6.57. The molecule has 0 radical (unpaired) electrons. The van der Waals surface area contributed by atoms with Crippen LogP contribution >= 0.6 is 11.6 Å². The molecule has 1 aliphatic heterocycles. The van der Waals surface area contributed by atoms with E-state index in [1.165, 1.54) is 20.3 Å². The van der Waals surface area contributed by atoms with Gasteiger partial charge in [0.15, 0.2) is 0 Å². The van der Waals surface area contributed by atoms with Crippen LogP contribution in [0.2, 0.25) is 5.02 Å². The number of benzene rings is 4. The van der Waals surface area contributed by atoms with Crippen molar-refractivity contribution in [3.05, 3.63) is 136 Å². The SMILES string of the molecule is O=C1NCc2cc(Cl)[c]([Sn]([CH2]c3ccccc3)([CH2]c3ccccc3)[CH2]c3ccccc3)cc21. The van der Waals surface area contributed by atoms with Gasteiger partial charge in [-0.15, -0.1) is 0 Å². The van der Waals surface area contributed by atoms with Crippen molar-refractivity contribution in [2.45, 2.75) is 19.9 Å². The Morgan fingerprint density at radius 2 is 1.15 bits per heavy atom. The van der Waals surface area contributed by atoms with Crippen molar-refractivity contribution in [1.82, 2.24) is 5.32 Å². The zero-order chi connectivity index (χ0) is 22.7.